The van der Waals surface area contributed by atoms with Crippen molar-refractivity contribution in [2.45, 2.75) is 4.90 Å². The van der Waals surface area contributed by atoms with Gasteiger partial charge in [-0.2, -0.15) is 0 Å². The van der Waals surface area contributed by atoms with E-state index in [0.717, 1.165) is 0 Å². The zero-order valence-electron chi connectivity index (χ0n) is 5.71. The first-order chi connectivity index (χ1) is 5.52. The summed E-state index contributed by atoms with van der Waals surface area (Å²) in [6.45, 7) is 0. The number of carboxylic acids is 1. The van der Waals surface area contributed by atoms with Gasteiger partial charge in [0.25, 0.3) is 0 Å². The molecule has 0 amide bonds. The summed E-state index contributed by atoms with van der Waals surface area (Å²) in [6, 6.07) is 3.07. The van der Waals surface area contributed by atoms with Crippen molar-refractivity contribution in [3.8, 4) is 0 Å². The standard InChI is InChI=1S/C7H4BrClO2S/c8-3-1-4(7(10)11)6(9)5(12)2-3/h1-2,12H,(H,10,11). The van der Waals surface area contributed by atoms with Gasteiger partial charge in [-0.1, -0.05) is 27.5 Å². The highest BCUT2D eigenvalue weighted by Crippen LogP contribution is 2.28. The summed E-state index contributed by atoms with van der Waals surface area (Å²) in [6.07, 6.45) is 0. The Kier molecular flexibility index (Phi) is 3.04. The number of benzene rings is 1. The van der Waals surface area contributed by atoms with Gasteiger partial charge in [-0.3, -0.25) is 0 Å². The Bertz CT molecular complexity index is 340. The summed E-state index contributed by atoms with van der Waals surface area (Å²) < 4.78 is 0.648. The molecule has 0 radical (unpaired) electrons. The maximum absolute atomic E-state index is 10.6. The van der Waals surface area contributed by atoms with Crippen LogP contribution in [0.15, 0.2) is 21.5 Å². The molecule has 0 aromatic heterocycles. The van der Waals surface area contributed by atoms with Crippen LogP contribution in [0.4, 0.5) is 0 Å². The van der Waals surface area contributed by atoms with Crippen molar-refractivity contribution >= 4 is 46.1 Å². The van der Waals surface area contributed by atoms with E-state index in [0.29, 0.717) is 9.37 Å². The number of hydrogen-bond donors (Lipinski definition) is 2. The second-order valence-corrected chi connectivity index (χ2v) is 3.87. The van der Waals surface area contributed by atoms with Crippen LogP contribution in [0.2, 0.25) is 5.02 Å². The zero-order chi connectivity index (χ0) is 9.30. The van der Waals surface area contributed by atoms with E-state index in [1.165, 1.54) is 6.07 Å². The fourth-order valence-corrected chi connectivity index (χ4v) is 1.81. The molecule has 0 unspecified atom stereocenters. The maximum Gasteiger partial charge on any atom is 0.337 e. The van der Waals surface area contributed by atoms with E-state index in [2.05, 4.69) is 28.6 Å². The second-order valence-electron chi connectivity index (χ2n) is 2.09. The van der Waals surface area contributed by atoms with E-state index in [-0.39, 0.29) is 10.6 Å². The number of carbonyl (C=O) groups is 1. The van der Waals surface area contributed by atoms with Crippen LogP contribution < -0.4 is 0 Å². The Hall–Kier alpha value is -0.190. The second kappa shape index (κ2) is 3.68. The van der Waals surface area contributed by atoms with Gasteiger partial charge in [0.1, 0.15) is 0 Å². The van der Waals surface area contributed by atoms with E-state index < -0.39 is 5.97 Å². The summed E-state index contributed by atoms with van der Waals surface area (Å²) in [5.74, 6) is -1.06. The minimum absolute atomic E-state index is 0.0519. The number of rotatable bonds is 1. The average molecular weight is 268 g/mol. The molecule has 0 atom stereocenters. The lowest BCUT2D eigenvalue weighted by molar-refractivity contribution is 0.0696. The highest BCUT2D eigenvalue weighted by atomic mass is 79.9. The van der Waals surface area contributed by atoms with Crippen LogP contribution in [0, 0.1) is 0 Å². The van der Waals surface area contributed by atoms with E-state index in [1.54, 1.807) is 6.07 Å². The summed E-state index contributed by atoms with van der Waals surface area (Å²) in [7, 11) is 0. The lowest BCUT2D eigenvalue weighted by Crippen LogP contribution is -1.97. The molecule has 0 saturated heterocycles. The Morgan fingerprint density at radius 3 is 2.67 bits per heavy atom. The fourth-order valence-electron chi connectivity index (χ4n) is 0.730. The van der Waals surface area contributed by atoms with Crippen LogP contribution >= 0.6 is 40.2 Å². The van der Waals surface area contributed by atoms with Crippen molar-refractivity contribution in [3.63, 3.8) is 0 Å². The predicted molar refractivity (Wildman–Crippen MR) is 53.4 cm³/mol. The van der Waals surface area contributed by atoms with Gasteiger partial charge >= 0.3 is 5.97 Å². The molecule has 64 valence electrons. The first kappa shape index (κ1) is 9.89. The van der Waals surface area contributed by atoms with Gasteiger partial charge < -0.3 is 5.11 Å². The predicted octanol–water partition coefficient (Wildman–Crippen LogP) is 3.09. The summed E-state index contributed by atoms with van der Waals surface area (Å²) in [5.41, 5.74) is 0.0519. The van der Waals surface area contributed by atoms with Gasteiger partial charge in [-0.15, -0.1) is 12.6 Å². The highest BCUT2D eigenvalue weighted by Gasteiger charge is 2.11. The van der Waals surface area contributed by atoms with Crippen LogP contribution in [0.1, 0.15) is 10.4 Å². The number of carboxylic acid groups (broad SMARTS) is 1. The summed E-state index contributed by atoms with van der Waals surface area (Å²) >= 11 is 12.8. The molecule has 2 nitrogen and oxygen atoms in total. The first-order valence-electron chi connectivity index (χ1n) is 2.93. The van der Waals surface area contributed by atoms with E-state index in [4.69, 9.17) is 16.7 Å². The number of halogens is 2. The molecule has 0 aliphatic rings. The van der Waals surface area contributed by atoms with Crippen molar-refractivity contribution in [1.29, 1.82) is 0 Å². The molecular formula is C7H4BrClO2S. The molecule has 1 aromatic rings. The Morgan fingerprint density at radius 2 is 2.17 bits per heavy atom. The normalized spacial score (nSPS) is 9.92. The molecular weight excluding hydrogens is 263 g/mol. The molecule has 12 heavy (non-hydrogen) atoms. The van der Waals surface area contributed by atoms with Crippen molar-refractivity contribution in [2.24, 2.45) is 0 Å². The topological polar surface area (TPSA) is 37.3 Å². The Balaban J connectivity index is 3.37. The van der Waals surface area contributed by atoms with Crippen LogP contribution in [0.3, 0.4) is 0 Å². The quantitative estimate of drug-likeness (QED) is 0.767. The van der Waals surface area contributed by atoms with Gasteiger partial charge in [-0.05, 0) is 12.1 Å². The summed E-state index contributed by atoms with van der Waals surface area (Å²) in [4.78, 5) is 11.0. The molecule has 0 heterocycles. The van der Waals surface area contributed by atoms with Crippen molar-refractivity contribution < 1.29 is 9.90 Å². The molecule has 0 saturated carbocycles. The highest BCUT2D eigenvalue weighted by molar-refractivity contribution is 9.10. The molecule has 1 aromatic carbocycles. The zero-order valence-corrected chi connectivity index (χ0v) is 8.95. The minimum atomic E-state index is -1.06. The Morgan fingerprint density at radius 1 is 1.58 bits per heavy atom. The maximum atomic E-state index is 10.6. The Labute approximate surface area is 88.1 Å². The first-order valence-corrected chi connectivity index (χ1v) is 4.55. The number of thiol groups is 1. The van der Waals surface area contributed by atoms with Gasteiger partial charge in [0.2, 0.25) is 0 Å². The van der Waals surface area contributed by atoms with Crippen LogP contribution in [-0.4, -0.2) is 11.1 Å². The molecule has 1 N–H and O–H groups in total. The molecule has 0 bridgehead atoms. The molecule has 0 spiro atoms. The van der Waals surface area contributed by atoms with Gasteiger partial charge in [-0.25, -0.2) is 4.79 Å². The lowest BCUT2D eigenvalue weighted by Gasteiger charge is -2.02. The van der Waals surface area contributed by atoms with E-state index in [9.17, 15) is 4.79 Å². The molecule has 0 aliphatic carbocycles. The third-order valence-corrected chi connectivity index (χ3v) is 2.60. The van der Waals surface area contributed by atoms with E-state index in [1.807, 2.05) is 0 Å². The number of hydrogen-bond acceptors (Lipinski definition) is 2. The van der Waals surface area contributed by atoms with Crippen LogP contribution in [0.5, 0.6) is 0 Å². The third kappa shape index (κ3) is 1.94. The van der Waals surface area contributed by atoms with E-state index >= 15 is 0 Å². The van der Waals surface area contributed by atoms with Crippen molar-refractivity contribution in [2.75, 3.05) is 0 Å². The monoisotopic (exact) mass is 266 g/mol. The largest absolute Gasteiger partial charge is 0.478 e. The average Bonchev–Trinajstić information content (AvgIpc) is 1.96. The molecule has 0 aliphatic heterocycles. The van der Waals surface area contributed by atoms with Crippen molar-refractivity contribution in [1.82, 2.24) is 0 Å². The third-order valence-electron chi connectivity index (χ3n) is 1.25. The van der Waals surface area contributed by atoms with Gasteiger partial charge in [0.05, 0.1) is 10.6 Å². The van der Waals surface area contributed by atoms with Crippen molar-refractivity contribution in [3.05, 3.63) is 27.2 Å². The molecule has 5 heteroatoms. The smallest absolute Gasteiger partial charge is 0.337 e. The number of aromatic carboxylic acids is 1. The van der Waals surface area contributed by atoms with Gasteiger partial charge in [0, 0.05) is 9.37 Å². The SMILES string of the molecule is O=C(O)c1cc(Br)cc(S)c1Cl. The van der Waals surface area contributed by atoms with Gasteiger partial charge in [0.15, 0.2) is 0 Å². The lowest BCUT2D eigenvalue weighted by atomic mass is 10.2. The molecule has 0 fully saturated rings. The van der Waals surface area contributed by atoms with Crippen LogP contribution in [-0.2, 0) is 0 Å². The molecule has 1 rings (SSSR count). The summed E-state index contributed by atoms with van der Waals surface area (Å²) in [5, 5.41) is 8.84. The minimum Gasteiger partial charge on any atom is -0.478 e. The fraction of sp³-hybridized carbons (Fsp3) is 0. The van der Waals surface area contributed by atoms with Crippen LogP contribution in [0.25, 0.3) is 0 Å².